The van der Waals surface area contributed by atoms with Crippen molar-refractivity contribution < 1.29 is 9.53 Å². The molecule has 1 atom stereocenters. The van der Waals surface area contributed by atoms with Gasteiger partial charge in [0.2, 0.25) is 0 Å². The molecule has 4 heteroatoms. The summed E-state index contributed by atoms with van der Waals surface area (Å²) in [6.45, 7) is 1.74. The molecule has 56 valence electrons. The van der Waals surface area contributed by atoms with Gasteiger partial charge in [-0.05, 0) is 14.0 Å². The maximum absolute atomic E-state index is 10.5. The van der Waals surface area contributed by atoms with Crippen LogP contribution in [0.15, 0.2) is 0 Å². The molecule has 0 aliphatic heterocycles. The normalized spacial score (nSPS) is 11.4. The molecule has 3 nitrogen and oxygen atoms in total. The Morgan fingerprint density at radius 1 is 1.67 bits per heavy atom. The quantitative estimate of drug-likeness (QED) is 0.650. The van der Waals surface area contributed by atoms with Gasteiger partial charge in [-0.25, -0.2) is 0 Å². The fraction of sp³-hybridized carbons (Fsp3) is 0.800. The van der Waals surface area contributed by atoms with Crippen LogP contribution >= 0.6 is 17.0 Å². The molecule has 0 aromatic rings. The van der Waals surface area contributed by atoms with Gasteiger partial charge >= 0.3 is 5.97 Å². The maximum atomic E-state index is 10.5. The van der Waals surface area contributed by atoms with Crippen molar-refractivity contribution in [2.24, 2.45) is 0 Å². The zero-order chi connectivity index (χ0) is 6.57. The number of likely N-dealkylation sites (N-methyl/N-ethyl adjacent to an activating group) is 1. The van der Waals surface area contributed by atoms with Gasteiger partial charge in [-0.1, -0.05) is 0 Å². The van der Waals surface area contributed by atoms with Gasteiger partial charge in [-0.15, -0.1) is 17.0 Å². The van der Waals surface area contributed by atoms with Gasteiger partial charge in [-0.2, -0.15) is 0 Å². The lowest BCUT2D eigenvalue weighted by Crippen LogP contribution is -2.31. The first-order valence-electron chi connectivity index (χ1n) is 2.47. The Bertz CT molecular complexity index is 87.0. The summed E-state index contributed by atoms with van der Waals surface area (Å²) < 4.78 is 4.40. The van der Waals surface area contributed by atoms with E-state index in [2.05, 4.69) is 10.1 Å². The molecule has 0 spiro atoms. The van der Waals surface area contributed by atoms with Gasteiger partial charge in [0.1, 0.15) is 6.04 Å². The third-order valence-electron chi connectivity index (χ3n) is 0.988. The van der Waals surface area contributed by atoms with E-state index in [9.17, 15) is 4.79 Å². The molecule has 0 amide bonds. The fourth-order valence-electron chi connectivity index (χ4n) is 0.295. The lowest BCUT2D eigenvalue weighted by Gasteiger charge is -2.04. The first kappa shape index (κ1) is 11.7. The predicted molar refractivity (Wildman–Crippen MR) is 40.9 cm³/mol. The maximum Gasteiger partial charge on any atom is 0.322 e. The fourth-order valence-corrected chi connectivity index (χ4v) is 0.295. The van der Waals surface area contributed by atoms with E-state index in [0.29, 0.717) is 0 Å². The Balaban J connectivity index is 0. The van der Waals surface area contributed by atoms with Crippen LogP contribution in [0.3, 0.4) is 0 Å². The second kappa shape index (κ2) is 6.04. The monoisotopic (exact) mass is 197 g/mol. The number of methoxy groups -OCH3 is 1. The zero-order valence-electron chi connectivity index (χ0n) is 5.80. The van der Waals surface area contributed by atoms with Crippen molar-refractivity contribution in [3.05, 3.63) is 0 Å². The van der Waals surface area contributed by atoms with Crippen LogP contribution in [-0.2, 0) is 9.53 Å². The highest BCUT2D eigenvalue weighted by molar-refractivity contribution is 8.93. The molecule has 9 heavy (non-hydrogen) atoms. The molecule has 0 rings (SSSR count). The number of hydrogen-bond donors (Lipinski definition) is 1. The summed E-state index contributed by atoms with van der Waals surface area (Å²) in [7, 11) is 3.08. The highest BCUT2D eigenvalue weighted by Gasteiger charge is 2.07. The van der Waals surface area contributed by atoms with Crippen molar-refractivity contribution in [3.63, 3.8) is 0 Å². The number of carbonyl (C=O) groups excluding carboxylic acids is 1. The van der Waals surface area contributed by atoms with Crippen LogP contribution in [0.5, 0.6) is 0 Å². The zero-order valence-corrected chi connectivity index (χ0v) is 7.52. The van der Waals surface area contributed by atoms with E-state index in [1.54, 1.807) is 14.0 Å². The summed E-state index contributed by atoms with van der Waals surface area (Å²) in [5.41, 5.74) is 0. The minimum atomic E-state index is -0.229. The molecule has 0 fully saturated rings. The average Bonchev–Trinajstić information content (AvgIpc) is 1.84. The van der Waals surface area contributed by atoms with E-state index in [0.717, 1.165) is 0 Å². The van der Waals surface area contributed by atoms with Crippen molar-refractivity contribution >= 4 is 23.0 Å². The summed E-state index contributed by atoms with van der Waals surface area (Å²) in [6, 6.07) is -0.194. The van der Waals surface area contributed by atoms with Crippen LogP contribution in [0, 0.1) is 0 Å². The van der Waals surface area contributed by atoms with Gasteiger partial charge in [0.25, 0.3) is 0 Å². The summed E-state index contributed by atoms with van der Waals surface area (Å²) in [5.74, 6) is -0.229. The third-order valence-corrected chi connectivity index (χ3v) is 0.988. The number of hydrogen-bond acceptors (Lipinski definition) is 3. The van der Waals surface area contributed by atoms with E-state index in [1.807, 2.05) is 0 Å². The molecule has 0 saturated carbocycles. The van der Waals surface area contributed by atoms with Crippen molar-refractivity contribution in [3.8, 4) is 0 Å². The highest BCUT2D eigenvalue weighted by atomic mass is 79.9. The lowest BCUT2D eigenvalue weighted by atomic mass is 10.4. The second-order valence-electron chi connectivity index (χ2n) is 1.53. The van der Waals surface area contributed by atoms with Crippen molar-refractivity contribution in [2.45, 2.75) is 13.0 Å². The first-order valence-corrected chi connectivity index (χ1v) is 2.47. The summed E-state index contributed by atoms with van der Waals surface area (Å²) in [5, 5.41) is 2.74. The topological polar surface area (TPSA) is 38.3 Å². The number of rotatable bonds is 2. The van der Waals surface area contributed by atoms with Crippen LogP contribution in [0.25, 0.3) is 0 Å². The molecule has 0 saturated heterocycles. The van der Waals surface area contributed by atoms with E-state index >= 15 is 0 Å². The lowest BCUT2D eigenvalue weighted by molar-refractivity contribution is -0.142. The molecule has 1 N–H and O–H groups in total. The summed E-state index contributed by atoms with van der Waals surface area (Å²) in [6.07, 6.45) is 0. The minimum absolute atomic E-state index is 0. The minimum Gasteiger partial charge on any atom is -0.468 e. The molecular formula is C5H12BrNO2. The van der Waals surface area contributed by atoms with Gasteiger partial charge in [0.05, 0.1) is 7.11 Å². The largest absolute Gasteiger partial charge is 0.468 e. The smallest absolute Gasteiger partial charge is 0.322 e. The predicted octanol–water partition coefficient (Wildman–Crippen LogP) is 0.345. The first-order chi connectivity index (χ1) is 3.72. The Morgan fingerprint density at radius 3 is 2.22 bits per heavy atom. The number of ether oxygens (including phenoxy) is 1. The molecule has 0 aromatic heterocycles. The molecule has 0 aliphatic rings. The standard InChI is InChI=1S/C5H11NO2.BrH/c1-4(6-2)5(7)8-3;/h4,6H,1-3H3;1H/t4-;/m1./s1. The Morgan fingerprint density at radius 2 is 2.11 bits per heavy atom. The van der Waals surface area contributed by atoms with Crippen LogP contribution in [0.4, 0.5) is 0 Å². The Hall–Kier alpha value is -0.0900. The van der Waals surface area contributed by atoms with Crippen LogP contribution in [-0.4, -0.2) is 26.2 Å². The highest BCUT2D eigenvalue weighted by Crippen LogP contribution is 1.81. The summed E-state index contributed by atoms with van der Waals surface area (Å²) >= 11 is 0. The van der Waals surface area contributed by atoms with Gasteiger partial charge in [0, 0.05) is 0 Å². The van der Waals surface area contributed by atoms with E-state index in [4.69, 9.17) is 0 Å². The number of nitrogens with one attached hydrogen (secondary N) is 1. The second-order valence-corrected chi connectivity index (χ2v) is 1.53. The molecule has 0 radical (unpaired) electrons. The molecule has 0 aliphatic carbocycles. The van der Waals surface area contributed by atoms with E-state index in [-0.39, 0.29) is 29.0 Å². The Kier molecular flexibility index (Phi) is 7.83. The van der Waals surface area contributed by atoms with Crippen molar-refractivity contribution in [1.29, 1.82) is 0 Å². The van der Waals surface area contributed by atoms with Crippen LogP contribution in [0.1, 0.15) is 6.92 Å². The number of esters is 1. The third kappa shape index (κ3) is 4.42. The molecular weight excluding hydrogens is 186 g/mol. The summed E-state index contributed by atoms with van der Waals surface area (Å²) in [4.78, 5) is 10.5. The number of halogens is 1. The van der Waals surface area contributed by atoms with Crippen LogP contribution < -0.4 is 5.32 Å². The number of carbonyl (C=O) groups is 1. The molecule has 0 bridgehead atoms. The molecule has 0 unspecified atom stereocenters. The van der Waals surface area contributed by atoms with Crippen LogP contribution in [0.2, 0.25) is 0 Å². The SMILES string of the molecule is Br.CN[C@H](C)C(=O)OC. The average molecular weight is 198 g/mol. The van der Waals surface area contributed by atoms with E-state index in [1.165, 1.54) is 7.11 Å². The van der Waals surface area contributed by atoms with Gasteiger partial charge in [-0.3, -0.25) is 4.79 Å². The molecule has 0 aromatic carbocycles. The Labute approximate surface area is 65.5 Å². The van der Waals surface area contributed by atoms with E-state index < -0.39 is 0 Å². The van der Waals surface area contributed by atoms with Crippen molar-refractivity contribution in [2.75, 3.05) is 14.2 Å². The van der Waals surface area contributed by atoms with Gasteiger partial charge in [0.15, 0.2) is 0 Å². The van der Waals surface area contributed by atoms with Gasteiger partial charge < -0.3 is 10.1 Å². The van der Waals surface area contributed by atoms with Crippen molar-refractivity contribution in [1.82, 2.24) is 5.32 Å². The molecule has 0 heterocycles.